The molecule has 2 N–H and O–H groups in total. The van der Waals surface area contributed by atoms with Crippen LogP contribution in [-0.4, -0.2) is 13.1 Å². The van der Waals surface area contributed by atoms with E-state index in [4.69, 9.17) is 5.73 Å². The van der Waals surface area contributed by atoms with Gasteiger partial charge in [0.05, 0.1) is 6.04 Å². The number of nitrogens with two attached hydrogens (primary N) is 1. The van der Waals surface area contributed by atoms with Crippen LogP contribution < -0.4 is 10.6 Å². The maximum absolute atomic E-state index is 5.95. The largest absolute Gasteiger partial charge is 0.367 e. The predicted molar refractivity (Wildman–Crippen MR) is 84.9 cm³/mol. The number of para-hydroxylation sites is 1. The highest BCUT2D eigenvalue weighted by Gasteiger charge is 2.16. The second-order valence-electron chi connectivity index (χ2n) is 5.11. The third-order valence-corrected chi connectivity index (χ3v) is 4.49. The van der Waals surface area contributed by atoms with Gasteiger partial charge in [-0.2, -0.15) is 0 Å². The first-order valence-electron chi connectivity index (χ1n) is 6.69. The quantitative estimate of drug-likeness (QED) is 0.897. The average Bonchev–Trinajstić information content (AvgIpc) is 2.91. The average molecular weight is 274 g/mol. The number of hydrogen-bond acceptors (Lipinski definition) is 3. The first-order valence-corrected chi connectivity index (χ1v) is 7.57. The Morgan fingerprint density at radius 3 is 2.53 bits per heavy atom. The van der Waals surface area contributed by atoms with Crippen LogP contribution in [0.4, 0.5) is 5.69 Å². The maximum Gasteiger partial charge on any atom is 0.0603 e. The molecule has 1 heterocycles. The van der Waals surface area contributed by atoms with E-state index in [9.17, 15) is 0 Å². The summed E-state index contributed by atoms with van der Waals surface area (Å²) in [5.41, 5.74) is 8.55. The van der Waals surface area contributed by atoms with Gasteiger partial charge in [0.15, 0.2) is 0 Å². The molecule has 0 amide bonds. The van der Waals surface area contributed by atoms with Crippen LogP contribution in [0.25, 0.3) is 0 Å². The van der Waals surface area contributed by atoms with E-state index in [1.165, 1.54) is 16.1 Å². The minimum absolute atomic E-state index is 0.187. The molecular formula is C16H22N2S. The van der Waals surface area contributed by atoms with Crippen molar-refractivity contribution in [1.29, 1.82) is 0 Å². The summed E-state index contributed by atoms with van der Waals surface area (Å²) in [4.78, 5) is 3.72. The molecule has 102 valence electrons. The summed E-state index contributed by atoms with van der Waals surface area (Å²) in [6.45, 7) is 4.30. The molecule has 2 atom stereocenters. The number of benzene rings is 1. The lowest BCUT2D eigenvalue weighted by molar-refractivity contribution is 0.716. The standard InChI is InChI=1S/C16H22N2S/c1-12(17)11-14-7-4-5-8-15(14)18(3)13(2)16-9-6-10-19-16/h4-10,12-13H,11,17H2,1-3H3. The number of anilines is 1. The molecule has 2 rings (SSSR count). The van der Waals surface area contributed by atoms with E-state index in [1.807, 2.05) is 11.3 Å². The topological polar surface area (TPSA) is 29.3 Å². The zero-order valence-electron chi connectivity index (χ0n) is 11.8. The second-order valence-corrected chi connectivity index (χ2v) is 6.09. The Balaban J connectivity index is 2.25. The van der Waals surface area contributed by atoms with Crippen LogP contribution >= 0.6 is 11.3 Å². The third-order valence-electron chi connectivity index (χ3n) is 3.45. The summed E-state index contributed by atoms with van der Waals surface area (Å²) in [5, 5.41) is 2.13. The van der Waals surface area contributed by atoms with Crippen molar-refractivity contribution in [1.82, 2.24) is 0 Å². The first kappa shape index (κ1) is 14.1. The molecule has 0 saturated carbocycles. The van der Waals surface area contributed by atoms with Crippen molar-refractivity contribution >= 4 is 17.0 Å². The normalized spacial score (nSPS) is 14.1. The molecule has 1 aromatic carbocycles. The highest BCUT2D eigenvalue weighted by molar-refractivity contribution is 7.10. The minimum Gasteiger partial charge on any atom is -0.367 e. The van der Waals surface area contributed by atoms with Gasteiger partial charge in [0.2, 0.25) is 0 Å². The van der Waals surface area contributed by atoms with Gasteiger partial charge in [-0.1, -0.05) is 24.3 Å². The van der Waals surface area contributed by atoms with E-state index < -0.39 is 0 Å². The van der Waals surface area contributed by atoms with Crippen LogP contribution in [0.15, 0.2) is 41.8 Å². The molecule has 3 heteroatoms. The highest BCUT2D eigenvalue weighted by atomic mass is 32.1. The highest BCUT2D eigenvalue weighted by Crippen LogP contribution is 2.30. The summed E-state index contributed by atoms with van der Waals surface area (Å²) in [6.07, 6.45) is 0.914. The molecule has 1 aromatic heterocycles. The Morgan fingerprint density at radius 1 is 1.16 bits per heavy atom. The van der Waals surface area contributed by atoms with E-state index in [2.05, 4.69) is 67.6 Å². The van der Waals surface area contributed by atoms with Gasteiger partial charge in [-0.3, -0.25) is 0 Å². The molecule has 2 unspecified atom stereocenters. The second kappa shape index (κ2) is 6.22. The van der Waals surface area contributed by atoms with Crippen LogP contribution in [0.1, 0.15) is 30.3 Å². The van der Waals surface area contributed by atoms with Gasteiger partial charge < -0.3 is 10.6 Å². The van der Waals surface area contributed by atoms with Crippen molar-refractivity contribution in [3.63, 3.8) is 0 Å². The van der Waals surface area contributed by atoms with E-state index in [-0.39, 0.29) is 6.04 Å². The molecule has 2 nitrogen and oxygen atoms in total. The van der Waals surface area contributed by atoms with Gasteiger partial charge >= 0.3 is 0 Å². The third kappa shape index (κ3) is 3.37. The maximum atomic E-state index is 5.95. The summed E-state index contributed by atoms with van der Waals surface area (Å²) >= 11 is 1.81. The van der Waals surface area contributed by atoms with E-state index in [1.54, 1.807) is 0 Å². The fourth-order valence-corrected chi connectivity index (χ4v) is 3.13. The molecule has 0 bridgehead atoms. The molecule has 0 saturated heterocycles. The monoisotopic (exact) mass is 274 g/mol. The fraction of sp³-hybridized carbons (Fsp3) is 0.375. The van der Waals surface area contributed by atoms with Gasteiger partial charge in [-0.15, -0.1) is 11.3 Å². The SMILES string of the molecule is CC(N)Cc1ccccc1N(C)C(C)c1cccs1. The Kier molecular flexibility index (Phi) is 4.61. The van der Waals surface area contributed by atoms with Crippen molar-refractivity contribution in [2.45, 2.75) is 32.4 Å². The first-order chi connectivity index (χ1) is 9.09. The van der Waals surface area contributed by atoms with Gasteiger partial charge in [0.25, 0.3) is 0 Å². The molecule has 19 heavy (non-hydrogen) atoms. The molecule has 0 spiro atoms. The number of rotatable bonds is 5. The van der Waals surface area contributed by atoms with Crippen LogP contribution in [0, 0.1) is 0 Å². The number of thiophene rings is 1. The predicted octanol–water partition coefficient (Wildman–Crippen LogP) is 3.84. The van der Waals surface area contributed by atoms with E-state index in [0.717, 1.165) is 6.42 Å². The van der Waals surface area contributed by atoms with Crippen molar-refractivity contribution in [2.24, 2.45) is 5.73 Å². The summed E-state index contributed by atoms with van der Waals surface area (Å²) in [5.74, 6) is 0. The lowest BCUT2D eigenvalue weighted by Crippen LogP contribution is -2.24. The lowest BCUT2D eigenvalue weighted by atomic mass is 10.0. The zero-order valence-corrected chi connectivity index (χ0v) is 12.7. The lowest BCUT2D eigenvalue weighted by Gasteiger charge is -2.29. The Hall–Kier alpha value is -1.32. The Labute approximate surface area is 119 Å². The zero-order chi connectivity index (χ0) is 13.8. The van der Waals surface area contributed by atoms with Crippen LogP contribution in [0.5, 0.6) is 0 Å². The molecule has 0 aliphatic rings. The summed E-state index contributed by atoms with van der Waals surface area (Å²) < 4.78 is 0. The number of nitrogens with zero attached hydrogens (tertiary/aromatic N) is 1. The van der Waals surface area contributed by atoms with Crippen molar-refractivity contribution in [2.75, 3.05) is 11.9 Å². The van der Waals surface area contributed by atoms with Crippen LogP contribution in [0.3, 0.4) is 0 Å². The molecule has 0 fully saturated rings. The van der Waals surface area contributed by atoms with Gasteiger partial charge in [0.1, 0.15) is 0 Å². The van der Waals surface area contributed by atoms with Crippen LogP contribution in [0.2, 0.25) is 0 Å². The van der Waals surface area contributed by atoms with E-state index >= 15 is 0 Å². The van der Waals surface area contributed by atoms with E-state index in [0.29, 0.717) is 6.04 Å². The fourth-order valence-electron chi connectivity index (χ4n) is 2.30. The number of hydrogen-bond donors (Lipinski definition) is 1. The smallest absolute Gasteiger partial charge is 0.0603 e. The molecular weight excluding hydrogens is 252 g/mol. The molecule has 0 aliphatic carbocycles. The van der Waals surface area contributed by atoms with Crippen LogP contribution in [-0.2, 0) is 6.42 Å². The minimum atomic E-state index is 0.187. The van der Waals surface area contributed by atoms with Crippen molar-refractivity contribution in [3.8, 4) is 0 Å². The summed E-state index contributed by atoms with van der Waals surface area (Å²) in [7, 11) is 2.16. The molecule has 0 aliphatic heterocycles. The van der Waals surface area contributed by atoms with Gasteiger partial charge in [-0.05, 0) is 43.3 Å². The molecule has 2 aromatic rings. The van der Waals surface area contributed by atoms with Gasteiger partial charge in [-0.25, -0.2) is 0 Å². The Morgan fingerprint density at radius 2 is 1.89 bits per heavy atom. The van der Waals surface area contributed by atoms with Gasteiger partial charge in [0, 0.05) is 23.7 Å². The molecule has 0 radical (unpaired) electrons. The van der Waals surface area contributed by atoms with Crippen molar-refractivity contribution < 1.29 is 0 Å². The van der Waals surface area contributed by atoms with Crippen molar-refractivity contribution in [3.05, 3.63) is 52.2 Å². The Bertz CT molecular complexity index is 505. The summed E-state index contributed by atoms with van der Waals surface area (Å²) in [6, 6.07) is 13.4.